The first-order valence-electron chi connectivity index (χ1n) is 6.62. The topological polar surface area (TPSA) is 115 Å². The number of rotatable bonds is 10. The molecule has 0 aliphatic heterocycles. The van der Waals surface area contributed by atoms with E-state index >= 15 is 0 Å². The Kier molecular flexibility index (Phi) is 7.30. The number of pyridine rings is 1. The maximum absolute atomic E-state index is 10.8. The highest BCUT2D eigenvalue weighted by Gasteiger charge is 2.10. The van der Waals surface area contributed by atoms with Crippen molar-refractivity contribution in [2.45, 2.75) is 26.2 Å². The van der Waals surface area contributed by atoms with Gasteiger partial charge in [-0.25, -0.2) is 10.8 Å². The standard InChI is InChI=1S/C12H21N5O3/c1-2-3-6-20-7-4-5-14-11-8-10(17(18)19)9-12(15-11)16-13/h8-9H,2-7,13H2,1H3,(H2,14,15,16). The van der Waals surface area contributed by atoms with E-state index in [1.165, 1.54) is 12.1 Å². The minimum absolute atomic E-state index is 0.0605. The number of nitrogens with two attached hydrogens (primary N) is 1. The van der Waals surface area contributed by atoms with E-state index in [1.807, 2.05) is 0 Å². The number of nitrogens with zero attached hydrogens (tertiary/aromatic N) is 2. The van der Waals surface area contributed by atoms with Crippen LogP contribution >= 0.6 is 0 Å². The number of nitro groups is 1. The molecule has 20 heavy (non-hydrogen) atoms. The molecule has 1 rings (SSSR count). The van der Waals surface area contributed by atoms with Crippen LogP contribution in [0.15, 0.2) is 12.1 Å². The van der Waals surface area contributed by atoms with E-state index in [0.717, 1.165) is 25.9 Å². The molecule has 112 valence electrons. The molecule has 0 aliphatic carbocycles. The first-order valence-corrected chi connectivity index (χ1v) is 6.62. The molecule has 8 heteroatoms. The third kappa shape index (κ3) is 5.81. The quantitative estimate of drug-likeness (QED) is 0.260. The summed E-state index contributed by atoms with van der Waals surface area (Å²) in [5, 5.41) is 13.8. The molecule has 0 unspecified atom stereocenters. The summed E-state index contributed by atoms with van der Waals surface area (Å²) in [6, 6.07) is 2.65. The molecule has 1 aromatic rings. The Labute approximate surface area is 117 Å². The SMILES string of the molecule is CCCCOCCCNc1cc([N+](=O)[O-])cc(NN)n1. The average Bonchev–Trinajstić information content (AvgIpc) is 2.46. The first-order chi connectivity index (χ1) is 9.67. The summed E-state index contributed by atoms with van der Waals surface area (Å²) < 4.78 is 5.42. The summed E-state index contributed by atoms with van der Waals surface area (Å²) in [5.41, 5.74) is 2.25. The number of anilines is 2. The summed E-state index contributed by atoms with van der Waals surface area (Å²) in [6.07, 6.45) is 2.98. The van der Waals surface area contributed by atoms with Gasteiger partial charge in [0.05, 0.1) is 17.1 Å². The molecule has 0 fully saturated rings. The van der Waals surface area contributed by atoms with Crippen molar-refractivity contribution in [3.63, 3.8) is 0 Å². The van der Waals surface area contributed by atoms with Crippen molar-refractivity contribution in [2.75, 3.05) is 30.5 Å². The van der Waals surface area contributed by atoms with Crippen LogP contribution in [0.4, 0.5) is 17.3 Å². The monoisotopic (exact) mass is 283 g/mol. The number of nitrogen functional groups attached to an aromatic ring is 1. The summed E-state index contributed by atoms with van der Waals surface area (Å²) >= 11 is 0. The molecule has 0 radical (unpaired) electrons. The number of ether oxygens (including phenoxy) is 1. The highest BCUT2D eigenvalue weighted by atomic mass is 16.6. The maximum Gasteiger partial charge on any atom is 0.276 e. The molecule has 0 aliphatic rings. The maximum atomic E-state index is 10.8. The molecule has 0 atom stereocenters. The van der Waals surface area contributed by atoms with Gasteiger partial charge in [0.25, 0.3) is 5.69 Å². The average molecular weight is 283 g/mol. The lowest BCUT2D eigenvalue weighted by atomic mass is 10.3. The van der Waals surface area contributed by atoms with Crippen LogP contribution in [0, 0.1) is 10.1 Å². The van der Waals surface area contributed by atoms with Crippen molar-refractivity contribution in [1.29, 1.82) is 0 Å². The van der Waals surface area contributed by atoms with Crippen molar-refractivity contribution in [1.82, 2.24) is 4.98 Å². The van der Waals surface area contributed by atoms with Crippen molar-refractivity contribution >= 4 is 17.3 Å². The molecular formula is C12H21N5O3. The highest BCUT2D eigenvalue weighted by Crippen LogP contribution is 2.19. The Morgan fingerprint density at radius 1 is 1.35 bits per heavy atom. The highest BCUT2D eigenvalue weighted by molar-refractivity contribution is 5.54. The summed E-state index contributed by atoms with van der Waals surface area (Å²) in [7, 11) is 0. The van der Waals surface area contributed by atoms with Crippen molar-refractivity contribution in [3.8, 4) is 0 Å². The van der Waals surface area contributed by atoms with E-state index in [1.54, 1.807) is 0 Å². The lowest BCUT2D eigenvalue weighted by Gasteiger charge is -2.08. The zero-order valence-corrected chi connectivity index (χ0v) is 11.6. The number of nitrogens with one attached hydrogen (secondary N) is 2. The predicted molar refractivity (Wildman–Crippen MR) is 77.5 cm³/mol. The number of hydrogen-bond acceptors (Lipinski definition) is 7. The third-order valence-electron chi connectivity index (χ3n) is 2.58. The molecule has 0 spiro atoms. The molecule has 1 heterocycles. The fraction of sp³-hybridized carbons (Fsp3) is 0.583. The van der Waals surface area contributed by atoms with Gasteiger partial charge in [0.15, 0.2) is 0 Å². The Morgan fingerprint density at radius 2 is 2.05 bits per heavy atom. The van der Waals surface area contributed by atoms with Crippen LogP contribution in [-0.4, -0.2) is 29.7 Å². The Hall–Kier alpha value is -1.93. The second kappa shape index (κ2) is 9.05. The van der Waals surface area contributed by atoms with Crippen LogP contribution in [0.1, 0.15) is 26.2 Å². The molecule has 1 aromatic heterocycles. The van der Waals surface area contributed by atoms with Gasteiger partial charge in [-0.1, -0.05) is 13.3 Å². The van der Waals surface area contributed by atoms with Crippen LogP contribution < -0.4 is 16.6 Å². The smallest absolute Gasteiger partial charge is 0.276 e. The largest absolute Gasteiger partial charge is 0.381 e. The number of aromatic nitrogens is 1. The van der Waals surface area contributed by atoms with E-state index in [2.05, 4.69) is 22.7 Å². The lowest BCUT2D eigenvalue weighted by molar-refractivity contribution is -0.384. The zero-order chi connectivity index (χ0) is 14.8. The minimum atomic E-state index is -0.485. The van der Waals surface area contributed by atoms with Gasteiger partial charge in [0.1, 0.15) is 11.6 Å². The second-order valence-corrected chi connectivity index (χ2v) is 4.24. The molecule has 0 amide bonds. The molecule has 8 nitrogen and oxygen atoms in total. The van der Waals surface area contributed by atoms with Gasteiger partial charge in [0.2, 0.25) is 0 Å². The predicted octanol–water partition coefficient (Wildman–Crippen LogP) is 1.89. The van der Waals surface area contributed by atoms with Gasteiger partial charge < -0.3 is 15.5 Å². The Balaban J connectivity index is 2.39. The summed E-state index contributed by atoms with van der Waals surface area (Å²) in [5.74, 6) is 5.90. The fourth-order valence-corrected chi connectivity index (χ4v) is 1.53. The van der Waals surface area contributed by atoms with Gasteiger partial charge >= 0.3 is 0 Å². The minimum Gasteiger partial charge on any atom is -0.381 e. The molecule has 0 saturated carbocycles. The number of unbranched alkanes of at least 4 members (excludes halogenated alkanes) is 1. The van der Waals surface area contributed by atoms with Crippen molar-refractivity contribution < 1.29 is 9.66 Å². The van der Waals surface area contributed by atoms with Crippen molar-refractivity contribution in [3.05, 3.63) is 22.2 Å². The lowest BCUT2D eigenvalue weighted by Crippen LogP contribution is -2.12. The van der Waals surface area contributed by atoms with E-state index in [9.17, 15) is 10.1 Å². The summed E-state index contributed by atoms with van der Waals surface area (Å²) in [4.78, 5) is 14.4. The molecule has 0 saturated heterocycles. The van der Waals surface area contributed by atoms with E-state index < -0.39 is 4.92 Å². The van der Waals surface area contributed by atoms with Crippen LogP contribution in [0.5, 0.6) is 0 Å². The van der Waals surface area contributed by atoms with E-state index in [4.69, 9.17) is 10.6 Å². The van der Waals surface area contributed by atoms with Gasteiger partial charge in [-0.2, -0.15) is 0 Å². The number of hydrogen-bond donors (Lipinski definition) is 3. The summed E-state index contributed by atoms with van der Waals surface area (Å²) in [6.45, 7) is 4.17. The van der Waals surface area contributed by atoms with Gasteiger partial charge in [0, 0.05) is 19.8 Å². The molecule has 0 bridgehead atoms. The molecular weight excluding hydrogens is 262 g/mol. The van der Waals surface area contributed by atoms with Crippen LogP contribution in [0.25, 0.3) is 0 Å². The molecule has 0 aromatic carbocycles. The Morgan fingerprint density at radius 3 is 2.70 bits per heavy atom. The first kappa shape index (κ1) is 16.1. The van der Waals surface area contributed by atoms with Gasteiger partial charge in [-0.05, 0) is 12.8 Å². The normalized spacial score (nSPS) is 10.3. The third-order valence-corrected chi connectivity index (χ3v) is 2.58. The van der Waals surface area contributed by atoms with E-state index in [-0.39, 0.29) is 11.5 Å². The second-order valence-electron chi connectivity index (χ2n) is 4.24. The molecule has 4 N–H and O–H groups in total. The van der Waals surface area contributed by atoms with Crippen molar-refractivity contribution in [2.24, 2.45) is 5.84 Å². The fourth-order valence-electron chi connectivity index (χ4n) is 1.53. The van der Waals surface area contributed by atoms with Crippen LogP contribution in [0.2, 0.25) is 0 Å². The zero-order valence-electron chi connectivity index (χ0n) is 11.6. The van der Waals surface area contributed by atoms with Gasteiger partial charge in [-0.3, -0.25) is 10.1 Å². The van der Waals surface area contributed by atoms with Crippen LogP contribution in [-0.2, 0) is 4.74 Å². The number of hydrazine groups is 1. The van der Waals surface area contributed by atoms with Crippen LogP contribution in [0.3, 0.4) is 0 Å². The Bertz CT molecular complexity index is 428. The van der Waals surface area contributed by atoms with Gasteiger partial charge in [-0.15, -0.1) is 0 Å². The van der Waals surface area contributed by atoms with E-state index in [0.29, 0.717) is 19.0 Å².